The molecule has 2 heterocycles. The number of nitrogens with zero attached hydrogens (tertiary/aromatic N) is 4. The minimum atomic E-state index is -0.402. The first-order valence-corrected chi connectivity index (χ1v) is 7.12. The predicted octanol–water partition coefficient (Wildman–Crippen LogP) is 0.330. The molecule has 1 saturated heterocycles. The lowest BCUT2D eigenvalue weighted by Crippen LogP contribution is -2.25. The first-order chi connectivity index (χ1) is 9.72. The lowest BCUT2D eigenvalue weighted by molar-refractivity contribution is 0.176. The van der Waals surface area contributed by atoms with E-state index in [0.29, 0.717) is 24.4 Å². The van der Waals surface area contributed by atoms with Crippen molar-refractivity contribution in [3.63, 3.8) is 0 Å². The Morgan fingerprint density at radius 3 is 2.60 bits per heavy atom. The van der Waals surface area contributed by atoms with Crippen LogP contribution < -0.4 is 21.5 Å². The molecule has 0 aliphatic carbocycles. The second-order valence-electron chi connectivity index (χ2n) is 4.94. The molecule has 2 rings (SSSR count). The zero-order chi connectivity index (χ0) is 14.4. The molecular formula is C12H23N7O. The smallest absolute Gasteiger partial charge is 0.243 e. The summed E-state index contributed by atoms with van der Waals surface area (Å²) in [6.45, 7) is 4.35. The van der Waals surface area contributed by atoms with Gasteiger partial charge in [0.2, 0.25) is 17.8 Å². The maximum Gasteiger partial charge on any atom is 0.243 e. The minimum Gasteiger partial charge on any atom is -0.391 e. The second-order valence-corrected chi connectivity index (χ2v) is 4.94. The van der Waals surface area contributed by atoms with Crippen LogP contribution in [0.15, 0.2) is 0 Å². The summed E-state index contributed by atoms with van der Waals surface area (Å²) in [5, 5.41) is 12.8. The molecule has 1 aliphatic rings. The summed E-state index contributed by atoms with van der Waals surface area (Å²) >= 11 is 0. The van der Waals surface area contributed by atoms with Gasteiger partial charge in [0, 0.05) is 19.6 Å². The maximum atomic E-state index is 9.73. The van der Waals surface area contributed by atoms with E-state index in [4.69, 9.17) is 5.84 Å². The van der Waals surface area contributed by atoms with Crippen LogP contribution in [-0.4, -0.2) is 45.8 Å². The summed E-state index contributed by atoms with van der Waals surface area (Å²) in [6.07, 6.45) is 3.58. The number of aliphatic hydroxyl groups is 1. The van der Waals surface area contributed by atoms with Gasteiger partial charge in [0.25, 0.3) is 0 Å². The number of nitrogens with two attached hydrogens (primary N) is 1. The molecule has 0 bridgehead atoms. The fraction of sp³-hybridized carbons (Fsp3) is 0.750. The van der Waals surface area contributed by atoms with Gasteiger partial charge in [-0.05, 0) is 19.3 Å². The summed E-state index contributed by atoms with van der Waals surface area (Å²) in [5.41, 5.74) is 2.45. The fourth-order valence-electron chi connectivity index (χ4n) is 2.21. The van der Waals surface area contributed by atoms with E-state index in [9.17, 15) is 5.11 Å². The molecule has 1 atom stereocenters. The Kier molecular flexibility index (Phi) is 5.31. The van der Waals surface area contributed by atoms with Crippen molar-refractivity contribution in [2.45, 2.75) is 38.7 Å². The minimum absolute atomic E-state index is 0.328. The number of hydrogen-bond acceptors (Lipinski definition) is 8. The van der Waals surface area contributed by atoms with E-state index < -0.39 is 6.10 Å². The van der Waals surface area contributed by atoms with Crippen LogP contribution in [0.1, 0.15) is 32.6 Å². The molecule has 0 saturated carbocycles. The number of aliphatic hydroxyl groups excluding tert-OH is 1. The zero-order valence-corrected chi connectivity index (χ0v) is 11.8. The molecule has 1 aromatic rings. The van der Waals surface area contributed by atoms with Crippen molar-refractivity contribution in [3.8, 4) is 0 Å². The molecule has 5 N–H and O–H groups in total. The third-order valence-corrected chi connectivity index (χ3v) is 3.26. The van der Waals surface area contributed by atoms with Crippen LogP contribution in [0, 0.1) is 0 Å². The summed E-state index contributed by atoms with van der Waals surface area (Å²) < 4.78 is 0. The number of hydrazine groups is 1. The fourth-order valence-corrected chi connectivity index (χ4v) is 2.21. The Bertz CT molecular complexity index is 422. The molecule has 8 nitrogen and oxygen atoms in total. The molecule has 0 radical (unpaired) electrons. The van der Waals surface area contributed by atoms with Gasteiger partial charge in [-0.1, -0.05) is 13.3 Å². The highest BCUT2D eigenvalue weighted by Crippen LogP contribution is 2.18. The Morgan fingerprint density at radius 2 is 1.95 bits per heavy atom. The standard InChI is InChI=1S/C12H23N7O/c1-2-5-9(20)8-14-10-15-11(18-13)17-12(16-10)19-6-3-4-7-19/h9,20H,2-8,13H2,1H3,(H2,14,15,16,17,18). The Morgan fingerprint density at radius 1 is 1.25 bits per heavy atom. The third kappa shape index (κ3) is 3.91. The van der Waals surface area contributed by atoms with Crippen LogP contribution in [-0.2, 0) is 0 Å². The molecule has 0 amide bonds. The summed E-state index contributed by atoms with van der Waals surface area (Å²) in [6, 6.07) is 0. The van der Waals surface area contributed by atoms with Gasteiger partial charge in [-0.15, -0.1) is 0 Å². The first kappa shape index (κ1) is 14.7. The van der Waals surface area contributed by atoms with Gasteiger partial charge in [-0.3, -0.25) is 5.43 Å². The number of hydrogen-bond donors (Lipinski definition) is 4. The van der Waals surface area contributed by atoms with Gasteiger partial charge in [0.05, 0.1) is 6.10 Å². The van der Waals surface area contributed by atoms with Crippen molar-refractivity contribution in [2.75, 3.05) is 35.3 Å². The predicted molar refractivity (Wildman–Crippen MR) is 78.5 cm³/mol. The van der Waals surface area contributed by atoms with Gasteiger partial charge in [0.15, 0.2) is 0 Å². The van der Waals surface area contributed by atoms with Crippen LogP contribution in [0.5, 0.6) is 0 Å². The lowest BCUT2D eigenvalue weighted by atomic mass is 10.2. The molecule has 112 valence electrons. The molecular weight excluding hydrogens is 258 g/mol. The van der Waals surface area contributed by atoms with Crippen LogP contribution in [0.25, 0.3) is 0 Å². The summed E-state index contributed by atoms with van der Waals surface area (Å²) in [7, 11) is 0. The highest BCUT2D eigenvalue weighted by atomic mass is 16.3. The average Bonchev–Trinajstić information content (AvgIpc) is 2.99. The largest absolute Gasteiger partial charge is 0.391 e. The van der Waals surface area contributed by atoms with E-state index in [1.807, 2.05) is 6.92 Å². The molecule has 0 spiro atoms. The molecule has 1 aliphatic heterocycles. The van der Waals surface area contributed by atoms with Crippen molar-refractivity contribution in [3.05, 3.63) is 0 Å². The summed E-state index contributed by atoms with van der Waals surface area (Å²) in [5.74, 6) is 6.78. The van der Waals surface area contributed by atoms with Gasteiger partial charge in [0.1, 0.15) is 0 Å². The summed E-state index contributed by atoms with van der Waals surface area (Å²) in [4.78, 5) is 14.9. The molecule has 1 aromatic heterocycles. The zero-order valence-electron chi connectivity index (χ0n) is 11.8. The normalized spacial score (nSPS) is 16.2. The maximum absolute atomic E-state index is 9.73. The highest BCUT2D eigenvalue weighted by molar-refractivity contribution is 5.43. The Hall–Kier alpha value is -1.67. The number of nitrogen functional groups attached to an aromatic ring is 1. The quantitative estimate of drug-likeness (QED) is 0.418. The molecule has 8 heteroatoms. The van der Waals surface area contributed by atoms with Crippen LogP contribution in [0.4, 0.5) is 17.8 Å². The molecule has 1 fully saturated rings. The lowest BCUT2D eigenvalue weighted by Gasteiger charge is -2.17. The van der Waals surface area contributed by atoms with E-state index in [1.54, 1.807) is 0 Å². The first-order valence-electron chi connectivity index (χ1n) is 7.12. The number of anilines is 3. The van der Waals surface area contributed by atoms with Gasteiger partial charge >= 0.3 is 0 Å². The van der Waals surface area contributed by atoms with Crippen molar-refractivity contribution >= 4 is 17.8 Å². The van der Waals surface area contributed by atoms with Crippen molar-refractivity contribution in [1.82, 2.24) is 15.0 Å². The molecule has 20 heavy (non-hydrogen) atoms. The van der Waals surface area contributed by atoms with E-state index in [0.717, 1.165) is 38.8 Å². The molecule has 1 unspecified atom stereocenters. The average molecular weight is 281 g/mol. The Balaban J connectivity index is 2.05. The third-order valence-electron chi connectivity index (χ3n) is 3.26. The Labute approximate surface area is 118 Å². The van der Waals surface area contributed by atoms with Gasteiger partial charge in [-0.2, -0.15) is 15.0 Å². The van der Waals surface area contributed by atoms with E-state index >= 15 is 0 Å². The van der Waals surface area contributed by atoms with Gasteiger partial charge in [-0.25, -0.2) is 5.84 Å². The number of aromatic nitrogens is 3. The highest BCUT2D eigenvalue weighted by Gasteiger charge is 2.17. The van der Waals surface area contributed by atoms with Crippen molar-refractivity contribution in [1.29, 1.82) is 0 Å². The van der Waals surface area contributed by atoms with Crippen LogP contribution >= 0.6 is 0 Å². The van der Waals surface area contributed by atoms with E-state index in [2.05, 4.69) is 30.6 Å². The monoisotopic (exact) mass is 281 g/mol. The topological polar surface area (TPSA) is 112 Å². The number of rotatable bonds is 7. The second kappa shape index (κ2) is 7.20. The van der Waals surface area contributed by atoms with Crippen molar-refractivity contribution in [2.24, 2.45) is 5.84 Å². The molecule has 0 aromatic carbocycles. The van der Waals surface area contributed by atoms with E-state index in [1.165, 1.54) is 0 Å². The van der Waals surface area contributed by atoms with Crippen molar-refractivity contribution < 1.29 is 5.11 Å². The SMILES string of the molecule is CCCC(O)CNc1nc(NN)nc(N2CCCC2)n1. The van der Waals surface area contributed by atoms with Crippen LogP contribution in [0.2, 0.25) is 0 Å². The number of nitrogens with one attached hydrogen (secondary N) is 2. The van der Waals surface area contributed by atoms with Crippen LogP contribution in [0.3, 0.4) is 0 Å². The van der Waals surface area contributed by atoms with E-state index in [-0.39, 0.29) is 0 Å². The van der Waals surface area contributed by atoms with Gasteiger partial charge < -0.3 is 15.3 Å².